The minimum Gasteiger partial charge on any atom is -0.463 e. The fourth-order valence-electron chi connectivity index (χ4n) is 3.70. The number of carbonyl (C=O) groups excluding carboxylic acids is 2. The van der Waals surface area contributed by atoms with E-state index >= 15 is 0 Å². The Hall–Kier alpha value is -3.34. The van der Waals surface area contributed by atoms with Gasteiger partial charge in [-0.15, -0.1) is 0 Å². The van der Waals surface area contributed by atoms with Gasteiger partial charge in [0.25, 0.3) is 5.56 Å². The van der Waals surface area contributed by atoms with Gasteiger partial charge in [0.05, 0.1) is 36.2 Å². The zero-order valence-corrected chi connectivity index (χ0v) is 18.7. The van der Waals surface area contributed by atoms with E-state index in [0.717, 1.165) is 6.07 Å². The molecule has 1 aromatic heterocycles. The number of rotatable bonds is 6. The van der Waals surface area contributed by atoms with Crippen molar-refractivity contribution < 1.29 is 27.5 Å². The van der Waals surface area contributed by atoms with Gasteiger partial charge in [-0.05, 0) is 43.5 Å². The van der Waals surface area contributed by atoms with Crippen LogP contribution >= 0.6 is 11.6 Å². The lowest BCUT2D eigenvalue weighted by atomic mass is 9.95. The molecule has 34 heavy (non-hydrogen) atoms. The molecule has 0 saturated heterocycles. The zero-order valence-electron chi connectivity index (χ0n) is 17.9. The third kappa shape index (κ3) is 4.93. The van der Waals surface area contributed by atoms with Gasteiger partial charge < -0.3 is 15.4 Å². The van der Waals surface area contributed by atoms with Crippen molar-refractivity contribution >= 4 is 23.6 Å². The third-order valence-electron chi connectivity index (χ3n) is 5.45. The van der Waals surface area contributed by atoms with Crippen LogP contribution in [0.3, 0.4) is 0 Å². The summed E-state index contributed by atoms with van der Waals surface area (Å²) in [5.74, 6) is -0.969. The minimum absolute atomic E-state index is 0.0183. The second-order valence-electron chi connectivity index (χ2n) is 7.91. The Labute approximate surface area is 196 Å². The number of alkyl halides is 3. The summed E-state index contributed by atoms with van der Waals surface area (Å²) >= 11 is 5.94. The maximum Gasteiger partial charge on any atom is 0.421 e. The average molecular weight is 497 g/mol. The molecule has 1 atom stereocenters. The number of ether oxygens (including phenoxy) is 1. The Morgan fingerprint density at radius 3 is 2.50 bits per heavy atom. The summed E-state index contributed by atoms with van der Waals surface area (Å²) in [7, 11) is 0. The number of benzene rings is 1. The van der Waals surface area contributed by atoms with E-state index in [9.17, 15) is 27.6 Å². The normalized spacial score (nSPS) is 18.4. The van der Waals surface area contributed by atoms with Crippen LogP contribution in [0.4, 0.5) is 18.0 Å². The van der Waals surface area contributed by atoms with E-state index in [1.54, 1.807) is 31.2 Å². The maximum atomic E-state index is 13.5. The molecule has 1 aliphatic carbocycles. The predicted molar refractivity (Wildman–Crippen MR) is 115 cm³/mol. The summed E-state index contributed by atoms with van der Waals surface area (Å²) in [6.07, 6.45) is -3.55. The van der Waals surface area contributed by atoms with E-state index in [1.165, 1.54) is 0 Å². The van der Waals surface area contributed by atoms with Gasteiger partial charge in [0.15, 0.2) is 0 Å². The first-order valence-electron chi connectivity index (χ1n) is 10.5. The highest BCUT2D eigenvalue weighted by Crippen LogP contribution is 2.40. The SMILES string of the molecule is CCOC(=O)C1=C(Cn2nc(C3CC3)cc(C(F)(F)F)c2=O)NC(=O)NC1c1ccc(Cl)cc1. The quantitative estimate of drug-likeness (QED) is 0.594. The van der Waals surface area contributed by atoms with Crippen LogP contribution in [0.5, 0.6) is 0 Å². The Balaban J connectivity index is 1.84. The molecule has 1 unspecified atom stereocenters. The predicted octanol–water partition coefficient (Wildman–Crippen LogP) is 3.66. The first-order chi connectivity index (χ1) is 16.1. The third-order valence-corrected chi connectivity index (χ3v) is 5.71. The van der Waals surface area contributed by atoms with E-state index in [-0.39, 0.29) is 29.5 Å². The fraction of sp³-hybridized carbons (Fsp3) is 0.364. The molecular weight excluding hydrogens is 477 g/mol. The molecule has 2 aliphatic rings. The number of amides is 2. The summed E-state index contributed by atoms with van der Waals surface area (Å²) < 4.78 is 46.4. The molecular formula is C22H20ClF3N4O4. The van der Waals surface area contributed by atoms with Crippen molar-refractivity contribution in [1.82, 2.24) is 20.4 Å². The molecule has 180 valence electrons. The molecule has 1 fully saturated rings. The number of hydrogen-bond acceptors (Lipinski definition) is 5. The largest absolute Gasteiger partial charge is 0.463 e. The van der Waals surface area contributed by atoms with Crippen LogP contribution in [0.2, 0.25) is 5.02 Å². The molecule has 0 bridgehead atoms. The standard InChI is InChI=1S/C22H20ClF3N4O4/c1-2-34-20(32)17-16(27-21(33)28-18(17)12-5-7-13(23)8-6-12)10-30-19(31)14(22(24,25)26)9-15(29-30)11-3-4-11/h5-9,11,18H,2-4,10H2,1H3,(H2,27,28,33). The zero-order chi connectivity index (χ0) is 24.6. The maximum absolute atomic E-state index is 13.5. The van der Waals surface area contributed by atoms with Crippen molar-refractivity contribution in [3.63, 3.8) is 0 Å². The van der Waals surface area contributed by atoms with E-state index in [2.05, 4.69) is 15.7 Å². The number of aromatic nitrogens is 2. The lowest BCUT2D eigenvalue weighted by molar-refractivity contribution is -0.140. The number of carbonyl (C=O) groups is 2. The molecule has 1 aromatic carbocycles. The van der Waals surface area contributed by atoms with E-state index in [0.29, 0.717) is 28.1 Å². The van der Waals surface area contributed by atoms with Gasteiger partial charge in [0, 0.05) is 10.9 Å². The molecule has 2 N–H and O–H groups in total. The van der Waals surface area contributed by atoms with Gasteiger partial charge >= 0.3 is 18.2 Å². The van der Waals surface area contributed by atoms with Gasteiger partial charge in [-0.25, -0.2) is 14.3 Å². The molecule has 4 rings (SSSR count). The van der Waals surface area contributed by atoms with Crippen LogP contribution in [0.15, 0.2) is 46.4 Å². The number of urea groups is 1. The number of nitrogens with one attached hydrogen (secondary N) is 2. The first-order valence-corrected chi connectivity index (χ1v) is 10.9. The van der Waals surface area contributed by atoms with Crippen LogP contribution in [-0.2, 0) is 22.3 Å². The van der Waals surface area contributed by atoms with Crippen molar-refractivity contribution in [1.29, 1.82) is 0 Å². The Morgan fingerprint density at radius 2 is 1.91 bits per heavy atom. The highest BCUT2D eigenvalue weighted by Gasteiger charge is 2.39. The van der Waals surface area contributed by atoms with E-state index in [4.69, 9.17) is 16.3 Å². The Morgan fingerprint density at radius 1 is 1.24 bits per heavy atom. The minimum atomic E-state index is -4.88. The lowest BCUT2D eigenvalue weighted by Gasteiger charge is -2.29. The summed E-state index contributed by atoms with van der Waals surface area (Å²) in [6, 6.07) is 5.40. The van der Waals surface area contributed by atoms with E-state index in [1.807, 2.05) is 0 Å². The number of nitrogens with zero attached hydrogens (tertiary/aromatic N) is 2. The summed E-state index contributed by atoms with van der Waals surface area (Å²) in [6.45, 7) is 1.05. The van der Waals surface area contributed by atoms with Crippen molar-refractivity contribution in [3.8, 4) is 0 Å². The summed E-state index contributed by atoms with van der Waals surface area (Å²) in [4.78, 5) is 37.9. The molecule has 2 amide bonds. The molecule has 0 radical (unpaired) electrons. The number of allylic oxidation sites excluding steroid dienone is 1. The smallest absolute Gasteiger partial charge is 0.421 e. The lowest BCUT2D eigenvalue weighted by Crippen LogP contribution is -2.47. The van der Waals surface area contributed by atoms with Gasteiger partial charge in [-0.3, -0.25) is 4.79 Å². The summed E-state index contributed by atoms with van der Waals surface area (Å²) in [5.41, 5.74) is -2.23. The van der Waals surface area contributed by atoms with Crippen LogP contribution in [0.25, 0.3) is 0 Å². The molecule has 2 aromatic rings. The van der Waals surface area contributed by atoms with Crippen LogP contribution in [0, 0.1) is 0 Å². The topological polar surface area (TPSA) is 102 Å². The molecule has 1 aliphatic heterocycles. The van der Waals surface area contributed by atoms with Crippen molar-refractivity contribution in [2.75, 3.05) is 6.61 Å². The van der Waals surface area contributed by atoms with Gasteiger partial charge in [-0.1, -0.05) is 23.7 Å². The van der Waals surface area contributed by atoms with E-state index < -0.39 is 41.9 Å². The number of hydrogen-bond donors (Lipinski definition) is 2. The molecule has 1 saturated carbocycles. The fourth-order valence-corrected chi connectivity index (χ4v) is 3.82. The van der Waals surface area contributed by atoms with Gasteiger partial charge in [-0.2, -0.15) is 18.3 Å². The van der Waals surface area contributed by atoms with Crippen molar-refractivity contribution in [3.05, 3.63) is 73.8 Å². The average Bonchev–Trinajstić information content (AvgIpc) is 3.60. The van der Waals surface area contributed by atoms with Crippen LogP contribution in [0.1, 0.15) is 48.5 Å². The second-order valence-corrected chi connectivity index (χ2v) is 8.35. The second kappa shape index (κ2) is 9.13. The summed E-state index contributed by atoms with van der Waals surface area (Å²) in [5, 5.41) is 9.58. The van der Waals surface area contributed by atoms with Gasteiger partial charge in [0.1, 0.15) is 5.56 Å². The van der Waals surface area contributed by atoms with Crippen LogP contribution < -0.4 is 16.2 Å². The highest BCUT2D eigenvalue weighted by molar-refractivity contribution is 6.30. The van der Waals surface area contributed by atoms with Crippen LogP contribution in [-0.4, -0.2) is 28.4 Å². The van der Waals surface area contributed by atoms with Crippen molar-refractivity contribution in [2.45, 2.75) is 44.4 Å². The molecule has 2 heterocycles. The van der Waals surface area contributed by atoms with Crippen molar-refractivity contribution in [2.24, 2.45) is 0 Å². The molecule has 8 nitrogen and oxygen atoms in total. The number of halogens is 4. The molecule has 12 heteroatoms. The molecule has 0 spiro atoms. The first kappa shape index (κ1) is 23.8. The Bertz CT molecular complexity index is 1220. The number of esters is 1. The highest BCUT2D eigenvalue weighted by atomic mass is 35.5. The Kier molecular flexibility index (Phi) is 6.39. The monoisotopic (exact) mass is 496 g/mol. The van der Waals surface area contributed by atoms with Gasteiger partial charge in [0.2, 0.25) is 0 Å².